The van der Waals surface area contributed by atoms with Crippen LogP contribution in [0.4, 0.5) is 0 Å². The standard InChI is InChI=1S/C13H14N2O/c14-13(16-15,11-7-3-1-4-8-11)12-9-5-2-6-10-12/h1-10H,14-15H2. The van der Waals surface area contributed by atoms with E-state index in [2.05, 4.69) is 0 Å². The van der Waals surface area contributed by atoms with Crippen LogP contribution in [0, 0.1) is 0 Å². The predicted octanol–water partition coefficient (Wildman–Crippen LogP) is 1.74. The number of rotatable bonds is 3. The van der Waals surface area contributed by atoms with Crippen LogP contribution >= 0.6 is 0 Å². The lowest BCUT2D eigenvalue weighted by atomic mass is 9.95. The van der Waals surface area contributed by atoms with Crippen LogP contribution in [0.25, 0.3) is 0 Å². The lowest BCUT2D eigenvalue weighted by molar-refractivity contribution is -0.0157. The van der Waals surface area contributed by atoms with Crippen molar-refractivity contribution in [2.45, 2.75) is 5.72 Å². The van der Waals surface area contributed by atoms with Gasteiger partial charge in [-0.15, -0.1) is 0 Å². The molecule has 16 heavy (non-hydrogen) atoms. The van der Waals surface area contributed by atoms with Crippen molar-refractivity contribution in [1.82, 2.24) is 0 Å². The molecule has 2 aromatic rings. The van der Waals surface area contributed by atoms with Crippen LogP contribution in [0.2, 0.25) is 0 Å². The van der Waals surface area contributed by atoms with E-state index in [0.717, 1.165) is 11.1 Å². The van der Waals surface area contributed by atoms with Crippen molar-refractivity contribution in [3.63, 3.8) is 0 Å². The highest BCUT2D eigenvalue weighted by atomic mass is 16.6. The number of hydrogen-bond acceptors (Lipinski definition) is 3. The molecule has 0 radical (unpaired) electrons. The molecule has 0 amide bonds. The third-order valence-electron chi connectivity index (χ3n) is 2.59. The minimum absolute atomic E-state index is 0.823. The monoisotopic (exact) mass is 214 g/mol. The maximum atomic E-state index is 6.19. The third kappa shape index (κ3) is 1.84. The first-order valence-corrected chi connectivity index (χ1v) is 5.05. The van der Waals surface area contributed by atoms with Gasteiger partial charge in [0.1, 0.15) is 0 Å². The average Bonchev–Trinajstić information content (AvgIpc) is 2.40. The van der Waals surface area contributed by atoms with Gasteiger partial charge in [-0.25, -0.2) is 5.90 Å². The van der Waals surface area contributed by atoms with E-state index in [0.29, 0.717) is 0 Å². The van der Waals surface area contributed by atoms with Gasteiger partial charge in [0.2, 0.25) is 0 Å². The van der Waals surface area contributed by atoms with Gasteiger partial charge in [0, 0.05) is 11.1 Å². The van der Waals surface area contributed by atoms with Crippen LogP contribution in [0.3, 0.4) is 0 Å². The molecule has 0 unspecified atom stereocenters. The summed E-state index contributed by atoms with van der Waals surface area (Å²) in [6.45, 7) is 0. The van der Waals surface area contributed by atoms with Gasteiger partial charge in [0.05, 0.1) is 0 Å². The van der Waals surface area contributed by atoms with Crippen LogP contribution in [0.1, 0.15) is 11.1 Å². The molecule has 3 heteroatoms. The molecular formula is C13H14N2O. The minimum Gasteiger partial charge on any atom is -0.294 e. The molecule has 0 saturated heterocycles. The third-order valence-corrected chi connectivity index (χ3v) is 2.59. The van der Waals surface area contributed by atoms with E-state index >= 15 is 0 Å². The highest BCUT2D eigenvalue weighted by Crippen LogP contribution is 2.26. The fourth-order valence-corrected chi connectivity index (χ4v) is 1.67. The van der Waals surface area contributed by atoms with Crippen molar-refractivity contribution in [1.29, 1.82) is 0 Å². The van der Waals surface area contributed by atoms with Gasteiger partial charge in [0.25, 0.3) is 0 Å². The molecule has 0 atom stereocenters. The van der Waals surface area contributed by atoms with E-state index in [1.165, 1.54) is 0 Å². The maximum absolute atomic E-state index is 6.19. The molecule has 0 aliphatic carbocycles. The van der Waals surface area contributed by atoms with Crippen LogP contribution in [0.15, 0.2) is 60.7 Å². The summed E-state index contributed by atoms with van der Waals surface area (Å²) < 4.78 is 0. The molecule has 0 aliphatic rings. The normalized spacial score (nSPS) is 11.4. The van der Waals surface area contributed by atoms with E-state index < -0.39 is 5.72 Å². The lowest BCUT2D eigenvalue weighted by Gasteiger charge is -2.27. The van der Waals surface area contributed by atoms with Gasteiger partial charge < -0.3 is 0 Å². The molecule has 4 N–H and O–H groups in total. The van der Waals surface area contributed by atoms with E-state index in [-0.39, 0.29) is 0 Å². The quantitative estimate of drug-likeness (QED) is 0.604. The van der Waals surface area contributed by atoms with Crippen LogP contribution in [-0.4, -0.2) is 0 Å². The summed E-state index contributed by atoms with van der Waals surface area (Å²) >= 11 is 0. The van der Waals surface area contributed by atoms with E-state index in [1.54, 1.807) is 0 Å². The maximum Gasteiger partial charge on any atom is 0.188 e. The van der Waals surface area contributed by atoms with Gasteiger partial charge in [-0.3, -0.25) is 10.6 Å². The summed E-state index contributed by atoms with van der Waals surface area (Å²) in [5, 5.41) is 0. The second-order valence-corrected chi connectivity index (χ2v) is 3.59. The number of benzene rings is 2. The van der Waals surface area contributed by atoms with Crippen molar-refractivity contribution >= 4 is 0 Å². The molecule has 0 bridgehead atoms. The average molecular weight is 214 g/mol. The van der Waals surface area contributed by atoms with Crippen molar-refractivity contribution < 1.29 is 4.84 Å². The zero-order chi connectivity index (χ0) is 11.4. The van der Waals surface area contributed by atoms with Crippen LogP contribution in [-0.2, 0) is 10.6 Å². The summed E-state index contributed by atoms with van der Waals surface area (Å²) in [5.74, 6) is 5.35. The smallest absolute Gasteiger partial charge is 0.188 e. The molecule has 2 aromatic carbocycles. The Morgan fingerprint density at radius 2 is 1.12 bits per heavy atom. The fraction of sp³-hybridized carbons (Fsp3) is 0.0769. The number of nitrogens with two attached hydrogens (primary N) is 2. The molecule has 0 saturated carbocycles. The Kier molecular flexibility index (Phi) is 3.01. The summed E-state index contributed by atoms with van der Waals surface area (Å²) in [6, 6.07) is 19.0. The summed E-state index contributed by atoms with van der Waals surface area (Å²) in [5.41, 5.74) is 6.74. The number of hydrogen-bond donors (Lipinski definition) is 2. The molecule has 0 heterocycles. The molecule has 3 nitrogen and oxygen atoms in total. The largest absolute Gasteiger partial charge is 0.294 e. The molecule has 2 rings (SSSR count). The van der Waals surface area contributed by atoms with E-state index in [4.69, 9.17) is 16.5 Å². The van der Waals surface area contributed by atoms with Crippen molar-refractivity contribution in [3.8, 4) is 0 Å². The second-order valence-electron chi connectivity index (χ2n) is 3.59. The summed E-state index contributed by atoms with van der Waals surface area (Å²) in [6.07, 6.45) is 0. The van der Waals surface area contributed by atoms with Crippen molar-refractivity contribution in [2.75, 3.05) is 0 Å². The molecule has 0 aromatic heterocycles. The van der Waals surface area contributed by atoms with Crippen LogP contribution < -0.4 is 11.6 Å². The Balaban J connectivity index is 2.49. The Morgan fingerprint density at radius 1 is 0.750 bits per heavy atom. The van der Waals surface area contributed by atoms with Gasteiger partial charge in [0.15, 0.2) is 5.72 Å². The van der Waals surface area contributed by atoms with Gasteiger partial charge in [-0.2, -0.15) is 0 Å². The lowest BCUT2D eigenvalue weighted by Crippen LogP contribution is -2.43. The van der Waals surface area contributed by atoms with Crippen LogP contribution in [0.5, 0.6) is 0 Å². The fourth-order valence-electron chi connectivity index (χ4n) is 1.67. The molecule has 82 valence electrons. The Labute approximate surface area is 94.6 Å². The Hall–Kier alpha value is -1.68. The Morgan fingerprint density at radius 3 is 1.44 bits per heavy atom. The zero-order valence-corrected chi connectivity index (χ0v) is 8.84. The first-order chi connectivity index (χ1) is 7.77. The van der Waals surface area contributed by atoms with E-state index in [9.17, 15) is 0 Å². The van der Waals surface area contributed by atoms with Gasteiger partial charge in [-0.05, 0) is 0 Å². The SMILES string of the molecule is NOC(N)(c1ccccc1)c1ccccc1. The van der Waals surface area contributed by atoms with Gasteiger partial charge >= 0.3 is 0 Å². The van der Waals surface area contributed by atoms with E-state index in [1.807, 2.05) is 60.7 Å². The van der Waals surface area contributed by atoms with Crippen molar-refractivity contribution in [3.05, 3.63) is 71.8 Å². The topological polar surface area (TPSA) is 61.3 Å². The minimum atomic E-state index is -1.09. The molecule has 0 spiro atoms. The highest BCUT2D eigenvalue weighted by molar-refractivity contribution is 5.34. The predicted molar refractivity (Wildman–Crippen MR) is 63.1 cm³/mol. The molecular weight excluding hydrogens is 200 g/mol. The first kappa shape index (κ1) is 10.8. The summed E-state index contributed by atoms with van der Waals surface area (Å²) in [4.78, 5) is 4.99. The van der Waals surface area contributed by atoms with Gasteiger partial charge in [-0.1, -0.05) is 60.7 Å². The highest BCUT2D eigenvalue weighted by Gasteiger charge is 2.29. The molecule has 0 aliphatic heterocycles. The molecule has 0 fully saturated rings. The Bertz CT molecular complexity index is 403. The summed E-state index contributed by atoms with van der Waals surface area (Å²) in [7, 11) is 0. The second kappa shape index (κ2) is 4.45. The first-order valence-electron chi connectivity index (χ1n) is 5.05. The van der Waals surface area contributed by atoms with Crippen molar-refractivity contribution in [2.24, 2.45) is 11.6 Å². The zero-order valence-electron chi connectivity index (χ0n) is 8.84.